The average Bonchev–Trinajstić information content (AvgIpc) is 4.02. The molecule has 10 nitrogen and oxygen atoms in total. The minimum atomic E-state index is -1.23. The van der Waals surface area contributed by atoms with Crippen molar-refractivity contribution in [1.82, 2.24) is 9.97 Å². The topological polar surface area (TPSA) is 143 Å². The van der Waals surface area contributed by atoms with Gasteiger partial charge in [0.05, 0.1) is 24.5 Å². The van der Waals surface area contributed by atoms with E-state index in [2.05, 4.69) is 58.1 Å². The molecular weight excluding hydrogens is 837 g/mol. The summed E-state index contributed by atoms with van der Waals surface area (Å²) in [6, 6.07) is 5.74. The molecule has 0 saturated heterocycles. The number of fused-ring (bicyclic) bond motifs is 8. The molecule has 11 heteroatoms. The van der Waals surface area contributed by atoms with Crippen molar-refractivity contribution in [1.29, 1.82) is 0 Å². The number of aromatic nitrogens is 4. The van der Waals surface area contributed by atoms with E-state index in [1.807, 2.05) is 45.0 Å². The second kappa shape index (κ2) is 23.4. The van der Waals surface area contributed by atoms with Gasteiger partial charge in [0.1, 0.15) is 12.5 Å². The van der Waals surface area contributed by atoms with Crippen molar-refractivity contribution in [2.24, 2.45) is 17.8 Å². The van der Waals surface area contributed by atoms with Gasteiger partial charge in [0.25, 0.3) is 0 Å². The number of esters is 2. The van der Waals surface area contributed by atoms with Gasteiger partial charge in [-0.2, -0.15) is 0 Å². The summed E-state index contributed by atoms with van der Waals surface area (Å²) in [5.41, 5.74) is 11.0. The molecule has 8 bridgehead atoms. The first-order chi connectivity index (χ1) is 31.1. The van der Waals surface area contributed by atoms with E-state index >= 15 is 0 Å². The van der Waals surface area contributed by atoms with Gasteiger partial charge in [-0.15, -0.1) is 22.1 Å². The van der Waals surface area contributed by atoms with Crippen molar-refractivity contribution in [2.75, 3.05) is 13.7 Å². The zero-order valence-corrected chi connectivity index (χ0v) is 42.8. The summed E-state index contributed by atoms with van der Waals surface area (Å²) in [6.07, 6.45) is 17.0. The molecule has 66 heavy (non-hydrogen) atoms. The molecule has 5 heterocycles. The van der Waals surface area contributed by atoms with Crippen molar-refractivity contribution in [2.45, 2.75) is 157 Å². The van der Waals surface area contributed by atoms with Crippen LogP contribution in [0.15, 0.2) is 36.4 Å². The van der Waals surface area contributed by atoms with Gasteiger partial charge in [-0.3, -0.25) is 19.2 Å². The smallest absolute Gasteiger partial charge is 0.657 e. The molecule has 2 aliphatic heterocycles. The Morgan fingerprint density at radius 1 is 0.879 bits per heavy atom. The number of carbonyl (C=O) groups excluding carboxylic acids is 4. The van der Waals surface area contributed by atoms with E-state index in [0.717, 1.165) is 53.4 Å². The van der Waals surface area contributed by atoms with Crippen LogP contribution in [-0.2, 0) is 23.9 Å². The van der Waals surface area contributed by atoms with Crippen molar-refractivity contribution in [3.63, 3.8) is 0 Å². The summed E-state index contributed by atoms with van der Waals surface area (Å²) < 4.78 is 11.0. The molecule has 348 valence electrons. The zero-order chi connectivity index (χ0) is 47.1. The molecule has 0 aromatic carbocycles. The van der Waals surface area contributed by atoms with Crippen LogP contribution in [0, 0.1) is 31.6 Å². The molecule has 0 amide bonds. The maximum atomic E-state index is 14.4. The van der Waals surface area contributed by atoms with Crippen molar-refractivity contribution in [3.05, 3.63) is 87.0 Å². The van der Waals surface area contributed by atoms with Crippen LogP contribution in [0.2, 0.25) is 0 Å². The molecule has 3 aromatic rings. The molecule has 0 saturated carbocycles. The Labute approximate surface area is 408 Å². The number of hydrogen-bond donors (Lipinski definition) is 0. The van der Waals surface area contributed by atoms with Gasteiger partial charge in [-0.05, 0) is 94.0 Å². The molecule has 1 aliphatic carbocycles. The van der Waals surface area contributed by atoms with E-state index in [0.29, 0.717) is 80.2 Å². The van der Waals surface area contributed by atoms with Crippen molar-refractivity contribution >= 4 is 86.3 Å². The first-order valence-electron chi connectivity index (χ1n) is 24.1. The number of rotatable bonds is 21. The Bertz CT molecular complexity index is 2540. The van der Waals surface area contributed by atoms with Crippen molar-refractivity contribution < 1.29 is 38.6 Å². The predicted molar refractivity (Wildman–Crippen MR) is 264 cm³/mol. The first-order valence-corrected chi connectivity index (χ1v) is 24.1. The van der Waals surface area contributed by atoms with Crippen LogP contribution in [0.1, 0.15) is 199 Å². The second-order valence-corrected chi connectivity index (χ2v) is 19.5. The van der Waals surface area contributed by atoms with E-state index in [-0.39, 0.29) is 59.7 Å². The van der Waals surface area contributed by atoms with E-state index in [9.17, 15) is 19.2 Å². The molecule has 0 radical (unpaired) electrons. The Hall–Kier alpha value is -4.61. The van der Waals surface area contributed by atoms with Gasteiger partial charge in [-0.25, -0.2) is 9.97 Å². The number of allylic oxidation sites excluding steroid dienone is 3. The number of H-pyrrole nitrogens is 2. The number of Topliss-reactive ketones (excluding diaryl/α,β-unsaturated/α-hetero) is 1. The van der Waals surface area contributed by atoms with Crippen LogP contribution in [0.5, 0.6) is 0 Å². The molecule has 0 spiro atoms. The third kappa shape index (κ3) is 11.6. The van der Waals surface area contributed by atoms with Gasteiger partial charge in [-0.1, -0.05) is 116 Å². The third-order valence-electron chi connectivity index (χ3n) is 14.3. The minimum Gasteiger partial charge on any atom is -0.657 e. The molecule has 6 rings (SSSR count). The fourth-order valence-electron chi connectivity index (χ4n) is 10.2. The third-order valence-corrected chi connectivity index (χ3v) is 14.3. The summed E-state index contributed by atoms with van der Waals surface area (Å²) in [5.74, 6) is -0.738. The van der Waals surface area contributed by atoms with E-state index in [4.69, 9.17) is 19.4 Å². The second-order valence-electron chi connectivity index (χ2n) is 19.5. The number of methoxy groups -OCH3 is 1. The largest absolute Gasteiger partial charge is 2.00 e. The SMILES string of the molecule is C=Cc1c(C)c2cc3[nH+]c(c4c5[n-]c(cc6[nH+]c(cc1[n-]2)C(C=O)=C6CC)c(C)c5C(=O)[C@@H]4C(=O)OC)[C@@H](CCC(=O)OC/C=C(\C)CCC[C@H](C)CCC[C@H](C)CCCC(C)C)[C@@H]3C.[Mg+2]. The number of hydrogen-bond acceptors (Lipinski definition) is 6. The number of nitrogens with one attached hydrogen (secondary N) is 2. The number of aryl methyl sites for hydroxylation is 2. The minimum absolute atomic E-state index is 0. The fraction of sp³-hybridized carbons (Fsp3) is 0.527. The average molecular weight is 910 g/mol. The van der Waals surface area contributed by atoms with E-state index in [1.165, 1.54) is 57.6 Å². The Kier molecular flexibility index (Phi) is 18.6. The van der Waals surface area contributed by atoms with Gasteiger partial charge < -0.3 is 19.4 Å². The quantitative estimate of drug-likeness (QED) is 0.0338. The number of ketones is 1. The number of aromatic amines is 2. The Balaban J connectivity index is 0.00000817. The molecular formula is C55H72MgN4O6+2. The van der Waals surface area contributed by atoms with Crippen LogP contribution in [0.4, 0.5) is 0 Å². The molecule has 0 unspecified atom stereocenters. The number of carbonyl (C=O) groups is 4. The summed E-state index contributed by atoms with van der Waals surface area (Å²) >= 11 is 0. The molecule has 3 aromatic heterocycles. The molecule has 2 N–H and O–H groups in total. The Morgan fingerprint density at radius 3 is 2.17 bits per heavy atom. The maximum absolute atomic E-state index is 14.4. The molecule has 3 aliphatic rings. The molecule has 0 fully saturated rings. The number of nitrogens with zero attached hydrogens (tertiary/aromatic N) is 2. The summed E-state index contributed by atoms with van der Waals surface area (Å²) in [4.78, 5) is 71.2. The summed E-state index contributed by atoms with van der Waals surface area (Å²) in [5, 5.41) is 0. The maximum Gasteiger partial charge on any atom is 2.00 e. The van der Waals surface area contributed by atoms with Crippen LogP contribution >= 0.6 is 0 Å². The Morgan fingerprint density at radius 2 is 1.53 bits per heavy atom. The van der Waals surface area contributed by atoms with Crippen LogP contribution < -0.4 is 19.9 Å². The summed E-state index contributed by atoms with van der Waals surface area (Å²) in [6.45, 7) is 23.7. The van der Waals surface area contributed by atoms with Crippen LogP contribution in [0.3, 0.4) is 0 Å². The van der Waals surface area contributed by atoms with E-state index < -0.39 is 11.9 Å². The summed E-state index contributed by atoms with van der Waals surface area (Å²) in [7, 11) is 1.28. The van der Waals surface area contributed by atoms with Gasteiger partial charge in [0.2, 0.25) is 11.4 Å². The van der Waals surface area contributed by atoms with Gasteiger partial charge in [0, 0.05) is 23.1 Å². The predicted octanol–water partition coefficient (Wildman–Crippen LogP) is 10.9. The fourth-order valence-corrected chi connectivity index (χ4v) is 10.2. The van der Waals surface area contributed by atoms with Gasteiger partial charge in [0.15, 0.2) is 23.5 Å². The van der Waals surface area contributed by atoms with Crippen molar-refractivity contribution in [3.8, 4) is 0 Å². The standard InChI is InChI=1S/C55H71N4O6.Mg/c1-12-38-35(8)42-27-43-36(9)40(23-24-48(61)65-26-25-34(7)22-16-21-33(6)20-15-19-32(5)18-14-17-31(3)4)52(58-43)50-51(55(63)64-11)54(62)49-37(10)44(59-53(49)50)28-46-39(13-2)41(30-60)47(57-46)29-45(38)56-42;/h12,25,27-33,36,40,51H,1,13-24,26H2,2-11H3,(H-,56,57,58,59,60,62);/q-1;+2/p+1/b34-25+;/t32-,33-,36+,40+,51-;/m1./s1. The van der Waals surface area contributed by atoms with E-state index in [1.54, 1.807) is 6.08 Å². The molecule has 5 atom stereocenters. The monoisotopic (exact) mass is 909 g/mol. The number of ether oxygens (including phenoxy) is 2. The first kappa shape index (κ1) is 52.4. The van der Waals surface area contributed by atoms with Crippen LogP contribution in [-0.4, -0.2) is 60.8 Å². The normalized spacial score (nSPS) is 17.8. The number of aldehydes is 1. The van der Waals surface area contributed by atoms with Gasteiger partial charge >= 0.3 is 35.0 Å². The zero-order valence-electron chi connectivity index (χ0n) is 41.4. The van der Waals surface area contributed by atoms with Crippen LogP contribution in [0.25, 0.3) is 39.3 Å².